The molecule has 3 atom stereocenters. The highest BCUT2D eigenvalue weighted by atomic mass is 16.4. The van der Waals surface area contributed by atoms with Gasteiger partial charge in [-0.3, -0.25) is 4.79 Å². The fourth-order valence-electron chi connectivity index (χ4n) is 2.84. The number of carboxylic acids is 1. The third kappa shape index (κ3) is 3.24. The van der Waals surface area contributed by atoms with E-state index < -0.39 is 11.5 Å². The molecular weight excluding hydrogens is 268 g/mol. The molecule has 0 spiro atoms. The highest BCUT2D eigenvalue weighted by molar-refractivity contribution is 5.89. The molecule has 0 heterocycles. The van der Waals surface area contributed by atoms with Crippen LogP contribution >= 0.6 is 0 Å². The number of aliphatic carboxylic acids is 1. The van der Waals surface area contributed by atoms with Crippen LogP contribution in [0.5, 0.6) is 0 Å². The first kappa shape index (κ1) is 15.5. The second kappa shape index (κ2) is 6.26. The van der Waals surface area contributed by atoms with Gasteiger partial charge < -0.3 is 16.2 Å². The van der Waals surface area contributed by atoms with Gasteiger partial charge in [-0.25, -0.2) is 4.79 Å². The summed E-state index contributed by atoms with van der Waals surface area (Å²) < 4.78 is 0. The van der Waals surface area contributed by atoms with Crippen LogP contribution in [0, 0.1) is 5.92 Å². The number of amides is 1. The molecule has 0 radical (unpaired) electrons. The van der Waals surface area contributed by atoms with Gasteiger partial charge in [-0.05, 0) is 25.3 Å². The van der Waals surface area contributed by atoms with Gasteiger partial charge in [0, 0.05) is 6.04 Å². The Morgan fingerprint density at radius 2 is 1.86 bits per heavy atom. The molecule has 114 valence electrons. The number of carboxylic acid groups (broad SMARTS) is 1. The first-order chi connectivity index (χ1) is 9.95. The Morgan fingerprint density at radius 1 is 1.24 bits per heavy atom. The van der Waals surface area contributed by atoms with Gasteiger partial charge in [0.25, 0.3) is 0 Å². The number of hydrogen-bond donors (Lipinski definition) is 3. The van der Waals surface area contributed by atoms with E-state index in [1.807, 2.05) is 6.07 Å². The van der Waals surface area contributed by atoms with Crippen molar-refractivity contribution >= 4 is 11.9 Å². The van der Waals surface area contributed by atoms with E-state index in [2.05, 4.69) is 5.32 Å². The number of rotatable bonds is 4. The Labute approximate surface area is 124 Å². The lowest BCUT2D eigenvalue weighted by molar-refractivity contribution is -0.148. The minimum Gasteiger partial charge on any atom is -0.479 e. The SMILES string of the molecule is CC(NC(=O)C1CCCCC1N)(C(=O)O)c1ccccc1. The summed E-state index contributed by atoms with van der Waals surface area (Å²) in [4.78, 5) is 24.1. The Kier molecular flexibility index (Phi) is 4.63. The van der Waals surface area contributed by atoms with Crippen molar-refractivity contribution in [2.24, 2.45) is 11.7 Å². The maximum atomic E-state index is 12.4. The second-order valence-corrected chi connectivity index (χ2v) is 5.84. The van der Waals surface area contributed by atoms with E-state index in [0.29, 0.717) is 5.56 Å². The molecule has 5 nitrogen and oxygen atoms in total. The molecule has 21 heavy (non-hydrogen) atoms. The van der Waals surface area contributed by atoms with E-state index >= 15 is 0 Å². The van der Waals surface area contributed by atoms with Gasteiger partial charge >= 0.3 is 5.97 Å². The lowest BCUT2D eigenvalue weighted by Crippen LogP contribution is -2.54. The Morgan fingerprint density at radius 3 is 2.43 bits per heavy atom. The molecule has 0 bridgehead atoms. The van der Waals surface area contributed by atoms with E-state index in [-0.39, 0.29) is 17.9 Å². The monoisotopic (exact) mass is 290 g/mol. The van der Waals surface area contributed by atoms with Crippen molar-refractivity contribution in [2.45, 2.75) is 44.2 Å². The fraction of sp³-hybridized carbons (Fsp3) is 0.500. The summed E-state index contributed by atoms with van der Waals surface area (Å²) in [5, 5.41) is 12.2. The molecule has 5 heteroatoms. The predicted octanol–water partition coefficient (Wildman–Crippen LogP) is 1.62. The van der Waals surface area contributed by atoms with Crippen LogP contribution in [0.25, 0.3) is 0 Å². The van der Waals surface area contributed by atoms with Crippen molar-refractivity contribution in [2.75, 3.05) is 0 Å². The average molecular weight is 290 g/mol. The van der Waals surface area contributed by atoms with Crippen LogP contribution in [-0.4, -0.2) is 23.0 Å². The normalized spacial score (nSPS) is 24.9. The van der Waals surface area contributed by atoms with Crippen LogP contribution < -0.4 is 11.1 Å². The van der Waals surface area contributed by atoms with Crippen molar-refractivity contribution < 1.29 is 14.7 Å². The first-order valence-corrected chi connectivity index (χ1v) is 7.31. The molecule has 0 aliphatic heterocycles. The standard InChI is InChI=1S/C16H22N2O3/c1-16(15(20)21,11-7-3-2-4-8-11)18-14(19)12-9-5-6-10-13(12)17/h2-4,7-8,12-13H,5-6,9-10,17H2,1H3,(H,18,19)(H,20,21). The number of benzene rings is 1. The molecule has 1 aliphatic rings. The fourth-order valence-corrected chi connectivity index (χ4v) is 2.84. The molecule has 4 N–H and O–H groups in total. The van der Waals surface area contributed by atoms with Crippen molar-refractivity contribution in [3.05, 3.63) is 35.9 Å². The lowest BCUT2D eigenvalue weighted by Gasteiger charge is -2.32. The third-order valence-electron chi connectivity index (χ3n) is 4.31. The lowest BCUT2D eigenvalue weighted by atomic mass is 9.83. The topological polar surface area (TPSA) is 92.4 Å². The molecule has 1 aromatic carbocycles. The van der Waals surface area contributed by atoms with Crippen molar-refractivity contribution in [3.8, 4) is 0 Å². The summed E-state index contributed by atoms with van der Waals surface area (Å²) in [7, 11) is 0. The molecule has 1 aromatic rings. The van der Waals surface area contributed by atoms with Crippen LogP contribution in [0.15, 0.2) is 30.3 Å². The van der Waals surface area contributed by atoms with E-state index in [1.165, 1.54) is 6.92 Å². The summed E-state index contributed by atoms with van der Waals surface area (Å²) in [6.45, 7) is 1.51. The highest BCUT2D eigenvalue weighted by Gasteiger charge is 2.39. The van der Waals surface area contributed by atoms with Gasteiger partial charge in [0.05, 0.1) is 5.92 Å². The maximum absolute atomic E-state index is 12.4. The molecule has 0 aromatic heterocycles. The summed E-state index contributed by atoms with van der Waals surface area (Å²) in [5.41, 5.74) is 5.12. The molecule has 1 aliphatic carbocycles. The second-order valence-electron chi connectivity index (χ2n) is 5.84. The number of hydrogen-bond acceptors (Lipinski definition) is 3. The molecule has 2 rings (SSSR count). The summed E-state index contributed by atoms with van der Waals surface area (Å²) in [6, 6.07) is 8.55. The first-order valence-electron chi connectivity index (χ1n) is 7.31. The Balaban J connectivity index is 2.20. The van der Waals surface area contributed by atoms with Crippen molar-refractivity contribution in [3.63, 3.8) is 0 Å². The average Bonchev–Trinajstić information content (AvgIpc) is 2.48. The quantitative estimate of drug-likeness (QED) is 0.785. The Bertz CT molecular complexity index is 518. The predicted molar refractivity (Wildman–Crippen MR) is 79.5 cm³/mol. The van der Waals surface area contributed by atoms with Crippen molar-refractivity contribution in [1.29, 1.82) is 0 Å². The maximum Gasteiger partial charge on any atom is 0.333 e. The van der Waals surface area contributed by atoms with Crippen LogP contribution in [0.2, 0.25) is 0 Å². The number of nitrogens with two attached hydrogens (primary N) is 1. The van der Waals surface area contributed by atoms with Gasteiger partial charge in [-0.1, -0.05) is 43.2 Å². The van der Waals surface area contributed by atoms with Gasteiger partial charge in [-0.15, -0.1) is 0 Å². The minimum atomic E-state index is -1.44. The largest absolute Gasteiger partial charge is 0.479 e. The smallest absolute Gasteiger partial charge is 0.333 e. The van der Waals surface area contributed by atoms with Gasteiger partial charge in [0.1, 0.15) is 0 Å². The van der Waals surface area contributed by atoms with Gasteiger partial charge in [0.15, 0.2) is 5.54 Å². The molecule has 1 amide bonds. The third-order valence-corrected chi connectivity index (χ3v) is 4.31. The van der Waals surface area contributed by atoms with Crippen LogP contribution in [-0.2, 0) is 15.1 Å². The zero-order valence-corrected chi connectivity index (χ0v) is 12.2. The van der Waals surface area contributed by atoms with E-state index in [9.17, 15) is 14.7 Å². The number of nitrogens with one attached hydrogen (secondary N) is 1. The zero-order valence-electron chi connectivity index (χ0n) is 12.2. The molecule has 3 unspecified atom stereocenters. The van der Waals surface area contributed by atoms with Gasteiger partial charge in [-0.2, -0.15) is 0 Å². The van der Waals surface area contributed by atoms with E-state index in [1.54, 1.807) is 24.3 Å². The van der Waals surface area contributed by atoms with E-state index in [0.717, 1.165) is 25.7 Å². The summed E-state index contributed by atoms with van der Waals surface area (Å²) in [6.07, 6.45) is 3.52. The molecular formula is C16H22N2O3. The van der Waals surface area contributed by atoms with Crippen LogP contribution in [0.3, 0.4) is 0 Å². The molecule has 1 fully saturated rings. The van der Waals surface area contributed by atoms with Gasteiger partial charge in [0.2, 0.25) is 5.91 Å². The minimum absolute atomic E-state index is 0.187. The van der Waals surface area contributed by atoms with Crippen molar-refractivity contribution in [1.82, 2.24) is 5.32 Å². The number of carbonyl (C=O) groups excluding carboxylic acids is 1. The Hall–Kier alpha value is -1.88. The molecule has 1 saturated carbocycles. The van der Waals surface area contributed by atoms with Crippen LogP contribution in [0.1, 0.15) is 38.2 Å². The summed E-state index contributed by atoms with van der Waals surface area (Å²) in [5.74, 6) is -1.65. The molecule has 0 saturated heterocycles. The summed E-state index contributed by atoms with van der Waals surface area (Å²) >= 11 is 0. The van der Waals surface area contributed by atoms with Crippen LogP contribution in [0.4, 0.5) is 0 Å². The van der Waals surface area contributed by atoms with E-state index in [4.69, 9.17) is 5.73 Å². The number of carbonyl (C=O) groups is 2. The zero-order chi connectivity index (χ0) is 15.5. The highest BCUT2D eigenvalue weighted by Crippen LogP contribution is 2.26.